The lowest BCUT2D eigenvalue weighted by atomic mass is 10.2. The number of nitrogens with one attached hydrogen (secondary N) is 1. The third-order valence-electron chi connectivity index (χ3n) is 2.30. The Hall–Kier alpha value is -1.27. The maximum absolute atomic E-state index is 11.8. The number of amides is 1. The maximum atomic E-state index is 11.8. The Morgan fingerprint density at radius 2 is 2.05 bits per heavy atom. The zero-order valence-electron chi connectivity index (χ0n) is 10.8. The second kappa shape index (κ2) is 6.77. The molecular formula is C12H16ClNO4S. The van der Waals surface area contributed by atoms with Crippen LogP contribution in [0.15, 0.2) is 23.1 Å². The molecule has 0 aliphatic carbocycles. The standard InChI is InChI=1S/C12H16ClNO4S/c1-3-7-14-12(15)9-5-6-10(18-4-2)11(8-9)19(13,16)17/h5-6,8H,3-4,7H2,1-2H3,(H,14,15). The molecule has 0 saturated carbocycles. The Morgan fingerprint density at radius 1 is 1.37 bits per heavy atom. The predicted molar refractivity (Wildman–Crippen MR) is 73.3 cm³/mol. The zero-order chi connectivity index (χ0) is 14.5. The highest BCUT2D eigenvalue weighted by molar-refractivity contribution is 8.13. The summed E-state index contributed by atoms with van der Waals surface area (Å²) in [6.07, 6.45) is 0.795. The van der Waals surface area contributed by atoms with Crippen molar-refractivity contribution < 1.29 is 17.9 Å². The van der Waals surface area contributed by atoms with E-state index in [2.05, 4.69) is 5.32 Å². The van der Waals surface area contributed by atoms with Crippen LogP contribution in [-0.4, -0.2) is 27.5 Å². The maximum Gasteiger partial charge on any atom is 0.265 e. The predicted octanol–water partition coefficient (Wildman–Crippen LogP) is 2.15. The molecule has 106 valence electrons. The van der Waals surface area contributed by atoms with E-state index in [9.17, 15) is 13.2 Å². The van der Waals surface area contributed by atoms with Gasteiger partial charge in [0.2, 0.25) is 0 Å². The molecule has 1 N–H and O–H groups in total. The van der Waals surface area contributed by atoms with Gasteiger partial charge in [-0.2, -0.15) is 0 Å². The summed E-state index contributed by atoms with van der Waals surface area (Å²) >= 11 is 0. The molecule has 0 fully saturated rings. The molecular weight excluding hydrogens is 290 g/mol. The van der Waals surface area contributed by atoms with Crippen LogP contribution in [0.2, 0.25) is 0 Å². The summed E-state index contributed by atoms with van der Waals surface area (Å²) < 4.78 is 28.1. The second-order valence-electron chi connectivity index (χ2n) is 3.79. The van der Waals surface area contributed by atoms with Crippen LogP contribution in [-0.2, 0) is 9.05 Å². The van der Waals surface area contributed by atoms with Crippen LogP contribution in [0.4, 0.5) is 0 Å². The van der Waals surface area contributed by atoms with Gasteiger partial charge in [0, 0.05) is 22.8 Å². The van der Waals surface area contributed by atoms with Crippen molar-refractivity contribution in [2.75, 3.05) is 13.2 Å². The monoisotopic (exact) mass is 305 g/mol. The Morgan fingerprint density at radius 3 is 2.58 bits per heavy atom. The van der Waals surface area contributed by atoms with Crippen molar-refractivity contribution >= 4 is 25.6 Å². The quantitative estimate of drug-likeness (QED) is 0.817. The minimum absolute atomic E-state index is 0.143. The number of hydrogen-bond donors (Lipinski definition) is 1. The lowest BCUT2D eigenvalue weighted by molar-refractivity contribution is 0.0953. The highest BCUT2D eigenvalue weighted by atomic mass is 35.7. The zero-order valence-corrected chi connectivity index (χ0v) is 12.3. The number of rotatable bonds is 6. The van der Waals surface area contributed by atoms with E-state index in [1.165, 1.54) is 18.2 Å². The van der Waals surface area contributed by atoms with Crippen molar-refractivity contribution in [3.63, 3.8) is 0 Å². The van der Waals surface area contributed by atoms with Crippen molar-refractivity contribution in [1.29, 1.82) is 0 Å². The van der Waals surface area contributed by atoms with Gasteiger partial charge in [-0.15, -0.1) is 0 Å². The highest BCUT2D eigenvalue weighted by Gasteiger charge is 2.19. The molecule has 1 aromatic rings. The fourth-order valence-corrected chi connectivity index (χ4v) is 2.45. The first-order valence-corrected chi connectivity index (χ1v) is 8.20. The largest absolute Gasteiger partial charge is 0.492 e. The first-order chi connectivity index (χ1) is 8.90. The van der Waals surface area contributed by atoms with Crippen LogP contribution in [0, 0.1) is 0 Å². The smallest absolute Gasteiger partial charge is 0.265 e. The van der Waals surface area contributed by atoms with Crippen molar-refractivity contribution in [1.82, 2.24) is 5.32 Å². The highest BCUT2D eigenvalue weighted by Crippen LogP contribution is 2.28. The van der Waals surface area contributed by atoms with E-state index in [1.807, 2.05) is 6.92 Å². The van der Waals surface area contributed by atoms with Crippen molar-refractivity contribution in [3.8, 4) is 5.75 Å². The van der Waals surface area contributed by atoms with E-state index >= 15 is 0 Å². The summed E-state index contributed by atoms with van der Waals surface area (Å²) in [6, 6.07) is 4.15. The second-order valence-corrected chi connectivity index (χ2v) is 6.32. The number of hydrogen-bond acceptors (Lipinski definition) is 4. The van der Waals surface area contributed by atoms with Gasteiger partial charge in [-0.1, -0.05) is 6.92 Å². The molecule has 1 aromatic carbocycles. The van der Waals surface area contributed by atoms with Gasteiger partial charge in [-0.3, -0.25) is 4.79 Å². The van der Waals surface area contributed by atoms with Crippen LogP contribution in [0.25, 0.3) is 0 Å². The number of halogens is 1. The summed E-state index contributed by atoms with van der Waals surface area (Å²) in [4.78, 5) is 11.6. The fraction of sp³-hybridized carbons (Fsp3) is 0.417. The number of benzene rings is 1. The van der Waals surface area contributed by atoms with Crippen molar-refractivity contribution in [2.24, 2.45) is 0 Å². The average Bonchev–Trinajstić information content (AvgIpc) is 2.35. The first-order valence-electron chi connectivity index (χ1n) is 5.89. The molecule has 0 aromatic heterocycles. The van der Waals surface area contributed by atoms with Crippen LogP contribution in [0.1, 0.15) is 30.6 Å². The number of carbonyl (C=O) groups is 1. The molecule has 0 heterocycles. The summed E-state index contributed by atoms with van der Waals surface area (Å²) in [7, 11) is 1.38. The lowest BCUT2D eigenvalue weighted by Crippen LogP contribution is -2.24. The molecule has 0 saturated heterocycles. The van der Waals surface area contributed by atoms with E-state index in [0.717, 1.165) is 6.42 Å². The minimum atomic E-state index is -3.96. The van der Waals surface area contributed by atoms with Crippen molar-refractivity contribution in [2.45, 2.75) is 25.2 Å². The Labute approximate surface area is 117 Å². The third-order valence-corrected chi connectivity index (χ3v) is 3.65. The molecule has 1 rings (SSSR count). The van der Waals surface area contributed by atoms with Gasteiger partial charge < -0.3 is 10.1 Å². The molecule has 0 spiro atoms. The molecule has 0 bridgehead atoms. The molecule has 0 aliphatic heterocycles. The van der Waals surface area contributed by atoms with Gasteiger partial charge in [0.05, 0.1) is 6.61 Å². The number of ether oxygens (including phenoxy) is 1. The molecule has 19 heavy (non-hydrogen) atoms. The molecule has 1 amide bonds. The van der Waals surface area contributed by atoms with E-state index in [1.54, 1.807) is 6.92 Å². The summed E-state index contributed by atoms with van der Waals surface area (Å²) in [6.45, 7) is 4.48. The van der Waals surface area contributed by atoms with Gasteiger partial charge in [-0.25, -0.2) is 8.42 Å². The molecule has 0 atom stereocenters. The van der Waals surface area contributed by atoms with Gasteiger partial charge in [0.15, 0.2) is 0 Å². The van der Waals surface area contributed by atoms with Crippen molar-refractivity contribution in [3.05, 3.63) is 23.8 Å². The van der Waals surface area contributed by atoms with Gasteiger partial charge in [0.25, 0.3) is 15.0 Å². The van der Waals surface area contributed by atoms with E-state index in [0.29, 0.717) is 13.2 Å². The van der Waals surface area contributed by atoms with E-state index in [-0.39, 0.29) is 22.1 Å². The fourth-order valence-electron chi connectivity index (χ4n) is 1.46. The Balaban J connectivity index is 3.15. The van der Waals surface area contributed by atoms with E-state index < -0.39 is 9.05 Å². The Kier molecular flexibility index (Phi) is 5.62. The van der Waals surface area contributed by atoms with Crippen LogP contribution < -0.4 is 10.1 Å². The van der Waals surface area contributed by atoms with Gasteiger partial charge in [-0.05, 0) is 31.5 Å². The number of carbonyl (C=O) groups excluding carboxylic acids is 1. The minimum Gasteiger partial charge on any atom is -0.492 e. The van der Waals surface area contributed by atoms with Crippen LogP contribution >= 0.6 is 10.7 Å². The lowest BCUT2D eigenvalue weighted by Gasteiger charge is -2.10. The third kappa shape index (κ3) is 4.40. The van der Waals surface area contributed by atoms with E-state index in [4.69, 9.17) is 15.4 Å². The molecule has 0 unspecified atom stereocenters. The Bertz CT molecular complexity index is 557. The molecule has 5 nitrogen and oxygen atoms in total. The average molecular weight is 306 g/mol. The molecule has 0 aliphatic rings. The first kappa shape index (κ1) is 15.8. The van der Waals surface area contributed by atoms with Gasteiger partial charge in [0.1, 0.15) is 10.6 Å². The summed E-state index contributed by atoms with van der Waals surface area (Å²) in [5.74, 6) is -0.198. The molecule has 7 heteroatoms. The SMILES string of the molecule is CCCNC(=O)c1ccc(OCC)c(S(=O)(=O)Cl)c1. The van der Waals surface area contributed by atoms with Crippen LogP contribution in [0.5, 0.6) is 5.75 Å². The van der Waals surface area contributed by atoms with Gasteiger partial charge >= 0.3 is 0 Å². The summed E-state index contributed by atoms with van der Waals surface area (Å²) in [5.41, 5.74) is 0.233. The summed E-state index contributed by atoms with van der Waals surface area (Å²) in [5, 5.41) is 2.66. The van der Waals surface area contributed by atoms with Crippen LogP contribution in [0.3, 0.4) is 0 Å². The topological polar surface area (TPSA) is 72.5 Å². The molecule has 0 radical (unpaired) electrons. The normalized spacial score (nSPS) is 11.1.